The predicted molar refractivity (Wildman–Crippen MR) is 74.1 cm³/mol. The van der Waals surface area contributed by atoms with Gasteiger partial charge in [0.05, 0.1) is 22.5 Å². The molecule has 1 aliphatic heterocycles. The van der Waals surface area contributed by atoms with E-state index in [1.54, 1.807) is 0 Å². The maximum atomic E-state index is 11.0. The second-order valence-electron chi connectivity index (χ2n) is 4.98. The first-order valence-corrected chi connectivity index (χ1v) is 6.66. The second kappa shape index (κ2) is 7.02. The predicted octanol–water partition coefficient (Wildman–Crippen LogP) is -1.32. The maximum Gasteiger partial charge on any atom is 0.317 e. The van der Waals surface area contributed by atoms with Crippen LogP contribution in [0.2, 0.25) is 0 Å². The molecule has 5 atom stereocenters. The molecule has 4 N–H and O–H groups in total. The van der Waals surface area contributed by atoms with Crippen molar-refractivity contribution in [3.05, 3.63) is 38.4 Å². The van der Waals surface area contributed by atoms with Crippen LogP contribution in [0.1, 0.15) is 0 Å². The molecule has 0 saturated carbocycles. The molecule has 1 aliphatic rings. The largest absolute Gasteiger partial charge is 0.475 e. The minimum atomic E-state index is -1.80. The minimum Gasteiger partial charge on any atom is -0.475 e. The standard InChI is InChI=1S/C12H14N2O10/c15-4-8-9(16)10(17)11(12(18)24-8)23-7-2-1-5(13(19)20)3-6(7)14(21)22/h1-3,8-12,15-18H,4H2/t8-,9+,10+,11-,12+/m1/s1. The van der Waals surface area contributed by atoms with Crippen LogP contribution in [0.15, 0.2) is 18.2 Å². The maximum absolute atomic E-state index is 11.0. The third-order valence-electron chi connectivity index (χ3n) is 3.46. The number of nitro benzene ring substituents is 2. The summed E-state index contributed by atoms with van der Waals surface area (Å²) in [5.74, 6) is -0.466. The van der Waals surface area contributed by atoms with Gasteiger partial charge < -0.3 is 29.9 Å². The Morgan fingerprint density at radius 2 is 1.79 bits per heavy atom. The van der Waals surface area contributed by atoms with E-state index in [1.165, 1.54) is 0 Å². The Labute approximate surface area is 133 Å². The van der Waals surface area contributed by atoms with E-state index in [1.807, 2.05) is 0 Å². The molecule has 1 aromatic carbocycles. The molecule has 2 rings (SSSR count). The Morgan fingerprint density at radius 3 is 2.33 bits per heavy atom. The smallest absolute Gasteiger partial charge is 0.317 e. The molecular weight excluding hydrogens is 332 g/mol. The second-order valence-corrected chi connectivity index (χ2v) is 4.98. The van der Waals surface area contributed by atoms with Crippen molar-refractivity contribution in [3.8, 4) is 5.75 Å². The van der Waals surface area contributed by atoms with Crippen LogP contribution in [0, 0.1) is 20.2 Å². The van der Waals surface area contributed by atoms with Crippen LogP contribution < -0.4 is 4.74 Å². The number of aliphatic hydroxyl groups is 4. The Balaban J connectivity index is 2.30. The summed E-state index contributed by atoms with van der Waals surface area (Å²) in [7, 11) is 0. The molecular formula is C12H14N2O10. The number of ether oxygens (including phenoxy) is 2. The molecule has 24 heavy (non-hydrogen) atoms. The van der Waals surface area contributed by atoms with Crippen molar-refractivity contribution in [3.63, 3.8) is 0 Å². The molecule has 12 heteroatoms. The fourth-order valence-corrected chi connectivity index (χ4v) is 2.21. The molecule has 0 radical (unpaired) electrons. The lowest BCUT2D eigenvalue weighted by Gasteiger charge is -2.39. The summed E-state index contributed by atoms with van der Waals surface area (Å²) in [5.41, 5.74) is -1.31. The van der Waals surface area contributed by atoms with Gasteiger partial charge in [-0.2, -0.15) is 0 Å². The average Bonchev–Trinajstić information content (AvgIpc) is 2.54. The highest BCUT2D eigenvalue weighted by Crippen LogP contribution is 2.34. The van der Waals surface area contributed by atoms with Crippen molar-refractivity contribution in [1.82, 2.24) is 0 Å². The molecule has 1 aromatic rings. The first-order valence-electron chi connectivity index (χ1n) is 6.66. The van der Waals surface area contributed by atoms with Gasteiger partial charge in [0.15, 0.2) is 18.1 Å². The summed E-state index contributed by atoms with van der Waals surface area (Å²) < 4.78 is 10.00. The SMILES string of the molecule is O=[N+]([O-])c1ccc(O[C@@H]2[C@@H](O)[C@@H](O)[C@@H](CO)O[C@@H]2O)c([N+](=O)[O-])c1. The van der Waals surface area contributed by atoms with Crippen LogP contribution in [-0.4, -0.2) is 67.6 Å². The van der Waals surface area contributed by atoms with Gasteiger partial charge in [0, 0.05) is 6.07 Å². The first kappa shape index (κ1) is 18.0. The van der Waals surface area contributed by atoms with E-state index >= 15 is 0 Å². The average molecular weight is 346 g/mol. The molecule has 1 saturated heterocycles. The molecule has 0 amide bonds. The number of nitro groups is 2. The van der Waals surface area contributed by atoms with E-state index in [0.717, 1.165) is 12.1 Å². The monoisotopic (exact) mass is 346 g/mol. The van der Waals surface area contributed by atoms with E-state index in [2.05, 4.69) is 0 Å². The minimum absolute atomic E-state index is 0.466. The summed E-state index contributed by atoms with van der Waals surface area (Å²) in [5, 5.41) is 60.2. The van der Waals surface area contributed by atoms with Crippen LogP contribution in [0.4, 0.5) is 11.4 Å². The van der Waals surface area contributed by atoms with E-state index < -0.39 is 64.3 Å². The highest BCUT2D eigenvalue weighted by Gasteiger charge is 2.45. The van der Waals surface area contributed by atoms with Crippen molar-refractivity contribution in [2.24, 2.45) is 0 Å². The van der Waals surface area contributed by atoms with Crippen LogP contribution in [0.5, 0.6) is 5.75 Å². The molecule has 0 unspecified atom stereocenters. The van der Waals surface area contributed by atoms with E-state index in [4.69, 9.17) is 14.6 Å². The summed E-state index contributed by atoms with van der Waals surface area (Å²) in [6.45, 7) is -0.681. The zero-order valence-electron chi connectivity index (χ0n) is 12.0. The van der Waals surface area contributed by atoms with E-state index in [9.17, 15) is 35.5 Å². The van der Waals surface area contributed by atoms with Crippen molar-refractivity contribution in [2.75, 3.05) is 6.61 Å². The van der Waals surface area contributed by atoms with Crippen LogP contribution in [0.3, 0.4) is 0 Å². The van der Waals surface area contributed by atoms with Gasteiger partial charge in [0.1, 0.15) is 18.3 Å². The summed E-state index contributed by atoms with van der Waals surface area (Å²) >= 11 is 0. The fourth-order valence-electron chi connectivity index (χ4n) is 2.21. The van der Waals surface area contributed by atoms with Gasteiger partial charge in [-0.05, 0) is 6.07 Å². The Morgan fingerprint density at radius 1 is 1.12 bits per heavy atom. The lowest BCUT2D eigenvalue weighted by molar-refractivity contribution is -0.395. The van der Waals surface area contributed by atoms with E-state index in [0.29, 0.717) is 6.07 Å². The van der Waals surface area contributed by atoms with Crippen molar-refractivity contribution >= 4 is 11.4 Å². The number of benzene rings is 1. The topological polar surface area (TPSA) is 186 Å². The van der Waals surface area contributed by atoms with E-state index in [-0.39, 0.29) is 0 Å². The fraction of sp³-hybridized carbons (Fsp3) is 0.500. The van der Waals surface area contributed by atoms with Gasteiger partial charge in [-0.1, -0.05) is 0 Å². The number of aliphatic hydroxyl groups excluding tert-OH is 4. The zero-order valence-corrected chi connectivity index (χ0v) is 12.0. The van der Waals surface area contributed by atoms with Crippen LogP contribution in [0.25, 0.3) is 0 Å². The van der Waals surface area contributed by atoms with Gasteiger partial charge in [-0.25, -0.2) is 0 Å². The third kappa shape index (κ3) is 3.42. The van der Waals surface area contributed by atoms with Gasteiger partial charge in [0.2, 0.25) is 0 Å². The number of rotatable bonds is 5. The van der Waals surface area contributed by atoms with Gasteiger partial charge >= 0.3 is 5.69 Å². The first-order chi connectivity index (χ1) is 11.3. The highest BCUT2D eigenvalue weighted by atomic mass is 16.7. The number of non-ortho nitro benzene ring substituents is 1. The normalized spacial score (nSPS) is 29.9. The third-order valence-corrected chi connectivity index (χ3v) is 3.46. The van der Waals surface area contributed by atoms with Gasteiger partial charge in [-0.3, -0.25) is 20.2 Å². The Bertz CT molecular complexity index is 638. The molecule has 0 aliphatic carbocycles. The molecule has 0 aromatic heterocycles. The summed E-state index contributed by atoms with van der Waals surface area (Å²) in [6.07, 6.45) is -8.00. The number of hydrogen-bond acceptors (Lipinski definition) is 10. The van der Waals surface area contributed by atoms with Crippen molar-refractivity contribution in [2.45, 2.75) is 30.7 Å². The van der Waals surface area contributed by atoms with Gasteiger partial charge in [-0.15, -0.1) is 0 Å². The highest BCUT2D eigenvalue weighted by molar-refractivity contribution is 5.53. The molecule has 12 nitrogen and oxygen atoms in total. The molecule has 132 valence electrons. The quantitative estimate of drug-likeness (QED) is 0.368. The van der Waals surface area contributed by atoms with Crippen LogP contribution in [-0.2, 0) is 4.74 Å². The summed E-state index contributed by atoms with van der Waals surface area (Å²) in [6, 6.07) is 2.53. The summed E-state index contributed by atoms with van der Waals surface area (Å²) in [4.78, 5) is 19.9. The Kier molecular flexibility index (Phi) is 5.26. The van der Waals surface area contributed by atoms with Crippen LogP contribution >= 0.6 is 0 Å². The van der Waals surface area contributed by atoms with Crippen molar-refractivity contribution < 1.29 is 39.7 Å². The molecule has 1 fully saturated rings. The Hall–Kier alpha value is -2.38. The zero-order chi connectivity index (χ0) is 18.0. The molecule has 0 spiro atoms. The van der Waals surface area contributed by atoms with Crippen molar-refractivity contribution in [1.29, 1.82) is 0 Å². The van der Waals surface area contributed by atoms with Gasteiger partial charge in [0.25, 0.3) is 5.69 Å². The lowest BCUT2D eigenvalue weighted by atomic mass is 9.99. The number of hydrogen-bond donors (Lipinski definition) is 4. The number of nitrogens with zero attached hydrogens (tertiary/aromatic N) is 2. The molecule has 1 heterocycles. The lowest BCUT2D eigenvalue weighted by Crippen LogP contribution is -2.60. The molecule has 0 bridgehead atoms.